The van der Waals surface area contributed by atoms with Gasteiger partial charge < -0.3 is 13.9 Å². The third-order valence-corrected chi connectivity index (χ3v) is 12.1. The van der Waals surface area contributed by atoms with Crippen molar-refractivity contribution in [2.45, 2.75) is 39.5 Å². The first kappa shape index (κ1) is 40.9. The summed E-state index contributed by atoms with van der Waals surface area (Å²) in [5.74, 6) is 1.85. The fraction of sp³-hybridized carbons (Fsp3) is 0.127. The van der Waals surface area contributed by atoms with Gasteiger partial charge >= 0.3 is 27.1 Å². The van der Waals surface area contributed by atoms with Crippen molar-refractivity contribution < 1.29 is 24.7 Å². The van der Waals surface area contributed by atoms with E-state index in [0.29, 0.717) is 11.8 Å². The molecule has 0 spiro atoms. The Balaban J connectivity index is 0.000000156. The summed E-state index contributed by atoms with van der Waals surface area (Å²) in [7, 11) is 2.20. The predicted octanol–water partition coefficient (Wildman–Crippen LogP) is 11.6. The molecule has 0 unspecified atom stereocenters. The van der Waals surface area contributed by atoms with Crippen LogP contribution in [0.2, 0.25) is 0 Å². The summed E-state index contributed by atoms with van der Waals surface area (Å²) in [5, 5.41) is 0. The van der Waals surface area contributed by atoms with Gasteiger partial charge in [-0.25, -0.2) is 0 Å². The molecule has 0 atom stereocenters. The van der Waals surface area contributed by atoms with Gasteiger partial charge in [0.05, 0.1) is 17.1 Å². The van der Waals surface area contributed by atoms with Gasteiger partial charge in [-0.05, 0) is 75.0 Å². The van der Waals surface area contributed by atoms with E-state index in [1.807, 2.05) is 34.9 Å². The third kappa shape index (κ3) is 7.15. The fourth-order valence-electron chi connectivity index (χ4n) is 9.16. The SMILES string of the molecule is CC(C)c1cccc(C(C)C)c1B1N(C)c2ccc[c-]c2-c2nc(-c3ccccc3)cn21.[Ir+3].[c-]1ccccc1-n1[c-][n+]2c(c1)-c1ccccc1-c1ccccc1-c1ccccc1-2. The van der Waals surface area contributed by atoms with Crippen molar-refractivity contribution in [2.75, 3.05) is 11.9 Å². The van der Waals surface area contributed by atoms with Gasteiger partial charge in [-0.15, -0.1) is 24.3 Å². The van der Waals surface area contributed by atoms with Crippen molar-refractivity contribution >= 4 is 18.1 Å². The van der Waals surface area contributed by atoms with Crippen LogP contribution in [0.25, 0.3) is 67.5 Å². The normalized spacial score (nSPS) is 12.0. The van der Waals surface area contributed by atoms with Gasteiger partial charge in [0.2, 0.25) is 0 Å². The second kappa shape index (κ2) is 17.1. The molecule has 0 aliphatic carbocycles. The smallest absolute Gasteiger partial charge is 0.436 e. The molecule has 7 aromatic carbocycles. The van der Waals surface area contributed by atoms with E-state index in [0.717, 1.165) is 39.7 Å². The zero-order valence-corrected chi connectivity index (χ0v) is 37.9. The molecule has 0 bridgehead atoms. The van der Waals surface area contributed by atoms with Gasteiger partial charge in [-0.1, -0.05) is 154 Å². The van der Waals surface area contributed by atoms with Crippen LogP contribution in [-0.4, -0.2) is 28.1 Å². The van der Waals surface area contributed by atoms with Gasteiger partial charge in [-0.3, -0.25) is 9.55 Å². The summed E-state index contributed by atoms with van der Waals surface area (Å²) in [5.41, 5.74) is 17.9. The van der Waals surface area contributed by atoms with Gasteiger partial charge in [-0.2, -0.15) is 30.3 Å². The molecule has 302 valence electrons. The summed E-state index contributed by atoms with van der Waals surface area (Å²) in [4.78, 5) is 7.52. The number of anilines is 1. The molecule has 62 heavy (non-hydrogen) atoms. The molecule has 2 aliphatic rings. The molecule has 2 aliphatic heterocycles. The van der Waals surface area contributed by atoms with Crippen LogP contribution < -0.4 is 14.8 Å². The number of para-hydroxylation sites is 2. The van der Waals surface area contributed by atoms with E-state index in [4.69, 9.17) is 4.98 Å². The van der Waals surface area contributed by atoms with Crippen LogP contribution in [0, 0.1) is 18.5 Å². The molecule has 4 heterocycles. The Bertz CT molecular complexity index is 2910. The van der Waals surface area contributed by atoms with Gasteiger partial charge in [0.15, 0.2) is 0 Å². The summed E-state index contributed by atoms with van der Waals surface area (Å²) >= 11 is 0. The predicted molar refractivity (Wildman–Crippen MR) is 251 cm³/mol. The van der Waals surface area contributed by atoms with Crippen LogP contribution in [0.4, 0.5) is 5.69 Å². The average Bonchev–Trinajstić information content (AvgIpc) is 3.96. The van der Waals surface area contributed by atoms with Crippen LogP contribution >= 0.6 is 0 Å². The molecule has 0 amide bonds. The molecule has 5 nitrogen and oxygen atoms in total. The Kier molecular flexibility index (Phi) is 11.3. The van der Waals surface area contributed by atoms with E-state index in [1.54, 1.807) is 0 Å². The molecule has 9 aromatic rings. The van der Waals surface area contributed by atoms with E-state index in [1.165, 1.54) is 50.1 Å². The van der Waals surface area contributed by atoms with Crippen molar-refractivity contribution in [3.63, 3.8) is 0 Å². The number of imidazole rings is 2. The minimum Gasteiger partial charge on any atom is -0.436 e. The summed E-state index contributed by atoms with van der Waals surface area (Å²) in [6.45, 7) is 9.19. The van der Waals surface area contributed by atoms with Crippen molar-refractivity contribution in [1.82, 2.24) is 14.0 Å². The van der Waals surface area contributed by atoms with Crippen molar-refractivity contribution in [1.29, 1.82) is 0 Å². The van der Waals surface area contributed by atoms with Crippen LogP contribution in [0.1, 0.15) is 50.7 Å². The molecule has 11 rings (SSSR count). The monoisotopic (exact) mass is 980 g/mol. The number of benzene rings is 7. The quantitative estimate of drug-likeness (QED) is 0.0977. The molecule has 0 saturated heterocycles. The molecule has 0 radical (unpaired) electrons. The number of hydrogen-bond acceptors (Lipinski definition) is 2. The maximum atomic E-state index is 5.13. The van der Waals surface area contributed by atoms with Gasteiger partial charge in [0.25, 0.3) is 6.33 Å². The van der Waals surface area contributed by atoms with Crippen molar-refractivity contribution in [3.8, 4) is 67.5 Å². The first-order valence-electron chi connectivity index (χ1n) is 21.2. The number of nitrogens with zero attached hydrogens (tertiary/aromatic N) is 5. The molecule has 0 saturated carbocycles. The first-order valence-corrected chi connectivity index (χ1v) is 21.2. The van der Waals surface area contributed by atoms with E-state index < -0.39 is 0 Å². The molecular formula is C55H46BIrN5+. The van der Waals surface area contributed by atoms with Crippen molar-refractivity contribution in [3.05, 3.63) is 206 Å². The van der Waals surface area contributed by atoms with Crippen molar-refractivity contribution in [2.24, 2.45) is 0 Å². The number of hydrogen-bond donors (Lipinski definition) is 0. The first-order chi connectivity index (χ1) is 29.9. The fourth-order valence-corrected chi connectivity index (χ4v) is 9.16. The summed E-state index contributed by atoms with van der Waals surface area (Å²) < 4.78 is 6.55. The van der Waals surface area contributed by atoms with Crippen LogP contribution in [0.3, 0.4) is 0 Å². The Hall–Kier alpha value is -6.53. The van der Waals surface area contributed by atoms with Gasteiger partial charge in [0.1, 0.15) is 0 Å². The van der Waals surface area contributed by atoms with E-state index >= 15 is 0 Å². The molecule has 0 fully saturated rings. The Morgan fingerprint density at radius 2 is 1.18 bits per heavy atom. The molecular weight excluding hydrogens is 934 g/mol. The van der Waals surface area contributed by atoms with Gasteiger partial charge in [0, 0.05) is 23.8 Å². The number of rotatable bonds is 5. The maximum absolute atomic E-state index is 5.13. The van der Waals surface area contributed by atoms with Crippen LogP contribution in [-0.2, 0) is 20.1 Å². The third-order valence-electron chi connectivity index (χ3n) is 12.1. The zero-order chi connectivity index (χ0) is 41.6. The molecule has 0 N–H and O–H groups in total. The van der Waals surface area contributed by atoms with Crippen LogP contribution in [0.15, 0.2) is 176 Å². The minimum atomic E-state index is 0. The Morgan fingerprint density at radius 1 is 0.581 bits per heavy atom. The molecule has 7 heteroatoms. The Labute approximate surface area is 379 Å². The molecule has 2 aromatic heterocycles. The number of aromatic nitrogens is 4. The Morgan fingerprint density at radius 3 is 1.85 bits per heavy atom. The maximum Gasteiger partial charge on any atom is 3.00 e. The summed E-state index contributed by atoms with van der Waals surface area (Å²) in [6, 6.07) is 64.1. The zero-order valence-electron chi connectivity index (χ0n) is 35.5. The largest absolute Gasteiger partial charge is 3.00 e. The van der Waals surface area contributed by atoms with E-state index in [-0.39, 0.29) is 27.1 Å². The van der Waals surface area contributed by atoms with E-state index in [2.05, 4.69) is 213 Å². The minimum absolute atomic E-state index is 0. The summed E-state index contributed by atoms with van der Waals surface area (Å²) in [6.07, 6.45) is 7.91. The second-order valence-corrected chi connectivity index (χ2v) is 16.5. The number of fused-ring (bicyclic) bond motifs is 11. The average molecular weight is 980 g/mol. The second-order valence-electron chi connectivity index (χ2n) is 16.5. The standard InChI is InChI=1S/C28H29BN3.C27H17N2.Ir/c1-19(2)22-15-11-16-23(20(3)4)27(22)29-31(5)26-17-10-9-14-24(26)28-30-25(18-32(28)29)21-12-7-6-8-13-21;1-2-10-20(11-3-1)28-18-27-25-16-7-6-14-23(25)21-12-4-5-13-22(21)24-15-8-9-17-26(24)29(27)19-28;/h6-13,15-20H,1-5H3;1-10,12-18H;/q2*-1;+3. The topological polar surface area (TPSA) is 29.9 Å². The van der Waals surface area contributed by atoms with E-state index in [9.17, 15) is 0 Å². The van der Waals surface area contributed by atoms with Crippen LogP contribution in [0.5, 0.6) is 0 Å².